The van der Waals surface area contributed by atoms with E-state index < -0.39 is 33.5 Å². The van der Waals surface area contributed by atoms with Crippen LogP contribution in [0.1, 0.15) is 69.8 Å². The van der Waals surface area contributed by atoms with Gasteiger partial charge in [-0.05, 0) is 81.0 Å². The van der Waals surface area contributed by atoms with E-state index in [1.165, 1.54) is 12.1 Å². The fraction of sp³-hybridized carbons (Fsp3) is 0.581. The molecule has 0 radical (unpaired) electrons. The molecule has 1 amide bonds. The molecule has 1 fully saturated rings. The number of alkyl halides is 3. The van der Waals surface area contributed by atoms with Crippen LogP contribution in [0.25, 0.3) is 0 Å². The van der Waals surface area contributed by atoms with Gasteiger partial charge in [0.15, 0.2) is 0 Å². The quantitative estimate of drug-likeness (QED) is 0.370. The Balaban J connectivity index is 1.81. The Hall–Kier alpha value is -2.59. The van der Waals surface area contributed by atoms with Gasteiger partial charge in [-0.1, -0.05) is 32.9 Å². The van der Waals surface area contributed by atoms with Gasteiger partial charge < -0.3 is 14.5 Å². The van der Waals surface area contributed by atoms with Crippen molar-refractivity contribution in [3.8, 4) is 5.75 Å². The minimum atomic E-state index is -4.50. The number of carbonyl (C=O) groups excluding carboxylic acids is 1. The van der Waals surface area contributed by atoms with Crippen molar-refractivity contribution in [2.75, 3.05) is 38.2 Å². The van der Waals surface area contributed by atoms with Gasteiger partial charge in [0.05, 0.1) is 28.4 Å². The van der Waals surface area contributed by atoms with Crippen LogP contribution in [-0.4, -0.2) is 53.1 Å². The summed E-state index contributed by atoms with van der Waals surface area (Å²) in [6.45, 7) is 15.1. The summed E-state index contributed by atoms with van der Waals surface area (Å²) in [6.07, 6.45) is -3.95. The number of hydrogen-bond donors (Lipinski definition) is 1. The number of hydrogen-bond acceptors (Lipinski definition) is 4. The number of rotatable bonds is 9. The summed E-state index contributed by atoms with van der Waals surface area (Å²) in [4.78, 5) is 17.2. The molecular weight excluding hydrogens is 551 g/mol. The SMILES string of the molecule is COc1cc(C)ccc1CC(C)C(=O)N1CCN(c2ccc(C(F)(F)F)cc2C(NS(=O)C(C)(C)C)C(C)C)CC1. The van der Waals surface area contributed by atoms with E-state index in [1.807, 2.05) is 76.5 Å². The van der Waals surface area contributed by atoms with E-state index in [-0.39, 0.29) is 17.7 Å². The topological polar surface area (TPSA) is 61.9 Å². The Bertz CT molecular complexity index is 1240. The zero-order valence-electron chi connectivity index (χ0n) is 25.4. The number of nitrogens with zero attached hydrogens (tertiary/aromatic N) is 2. The molecule has 0 bridgehead atoms. The first-order chi connectivity index (χ1) is 19.0. The molecule has 1 aliphatic rings. The highest BCUT2D eigenvalue weighted by Gasteiger charge is 2.35. The Morgan fingerprint density at radius 2 is 1.66 bits per heavy atom. The van der Waals surface area contributed by atoms with Crippen molar-refractivity contribution < 1.29 is 26.9 Å². The molecule has 0 spiro atoms. The van der Waals surface area contributed by atoms with Crippen molar-refractivity contribution in [1.29, 1.82) is 0 Å². The maximum Gasteiger partial charge on any atom is 0.416 e. The summed E-state index contributed by atoms with van der Waals surface area (Å²) < 4.78 is 62.3. The first-order valence-electron chi connectivity index (χ1n) is 14.1. The van der Waals surface area contributed by atoms with Gasteiger partial charge in [-0.25, -0.2) is 8.93 Å². The third-order valence-electron chi connectivity index (χ3n) is 7.47. The maximum absolute atomic E-state index is 13.8. The molecule has 228 valence electrons. The highest BCUT2D eigenvalue weighted by molar-refractivity contribution is 7.84. The molecule has 10 heteroatoms. The standard InChI is InChI=1S/C31H44F3N3O3S/c1-20(2)28(35-41(39)30(5,6)7)25-19-24(31(32,33)34)11-12-26(25)36-13-15-37(16-14-36)29(38)22(4)18-23-10-9-21(3)17-27(23)40-8/h9-12,17,19-20,22,28,35H,13-16,18H2,1-8H3. The molecule has 1 saturated heterocycles. The molecule has 6 nitrogen and oxygen atoms in total. The lowest BCUT2D eigenvalue weighted by molar-refractivity contribution is -0.137. The summed E-state index contributed by atoms with van der Waals surface area (Å²) in [5.74, 6) is 0.444. The number of amides is 1. The number of ether oxygens (including phenoxy) is 1. The van der Waals surface area contributed by atoms with Crippen molar-refractivity contribution >= 4 is 22.6 Å². The van der Waals surface area contributed by atoms with Gasteiger partial charge in [-0.15, -0.1) is 0 Å². The van der Waals surface area contributed by atoms with Gasteiger partial charge in [-0.3, -0.25) is 4.79 Å². The van der Waals surface area contributed by atoms with Crippen molar-refractivity contribution in [1.82, 2.24) is 9.62 Å². The lowest BCUT2D eigenvalue weighted by Crippen LogP contribution is -2.50. The molecule has 0 aromatic heterocycles. The van der Waals surface area contributed by atoms with Crippen LogP contribution in [0.15, 0.2) is 36.4 Å². The van der Waals surface area contributed by atoms with Gasteiger partial charge in [0.25, 0.3) is 0 Å². The Morgan fingerprint density at radius 3 is 2.20 bits per heavy atom. The zero-order chi connectivity index (χ0) is 30.7. The van der Waals surface area contributed by atoms with E-state index in [0.717, 1.165) is 22.9 Å². The molecular formula is C31H44F3N3O3S. The molecule has 0 saturated carbocycles. The Labute approximate surface area is 245 Å². The van der Waals surface area contributed by atoms with E-state index in [4.69, 9.17) is 4.74 Å². The van der Waals surface area contributed by atoms with Crippen LogP contribution in [0.2, 0.25) is 0 Å². The normalized spacial score (nSPS) is 17.0. The number of anilines is 1. The average molecular weight is 596 g/mol. The van der Waals surface area contributed by atoms with Crippen LogP contribution in [0.5, 0.6) is 5.75 Å². The second kappa shape index (κ2) is 13.2. The molecule has 3 unspecified atom stereocenters. The second-order valence-electron chi connectivity index (χ2n) is 12.2. The molecule has 1 N–H and O–H groups in total. The fourth-order valence-corrected chi connectivity index (χ4v) is 6.02. The zero-order valence-corrected chi connectivity index (χ0v) is 26.2. The molecule has 3 atom stereocenters. The second-order valence-corrected chi connectivity index (χ2v) is 14.2. The maximum atomic E-state index is 13.8. The largest absolute Gasteiger partial charge is 0.496 e. The van der Waals surface area contributed by atoms with E-state index in [1.54, 1.807) is 7.11 Å². The molecule has 2 aromatic rings. The van der Waals surface area contributed by atoms with Gasteiger partial charge in [0.1, 0.15) is 5.75 Å². The third-order valence-corrected chi connectivity index (χ3v) is 9.05. The van der Waals surface area contributed by atoms with Crippen LogP contribution in [0, 0.1) is 18.8 Å². The minimum absolute atomic E-state index is 0.0437. The van der Waals surface area contributed by atoms with Gasteiger partial charge in [-0.2, -0.15) is 13.2 Å². The first kappa shape index (κ1) is 32.9. The van der Waals surface area contributed by atoms with Crippen molar-refractivity contribution in [3.63, 3.8) is 0 Å². The monoisotopic (exact) mass is 595 g/mol. The number of benzene rings is 2. The molecule has 1 heterocycles. The predicted octanol–water partition coefficient (Wildman–Crippen LogP) is 6.30. The van der Waals surface area contributed by atoms with Gasteiger partial charge in [0, 0.05) is 43.8 Å². The van der Waals surface area contributed by atoms with Crippen molar-refractivity contribution in [2.24, 2.45) is 11.8 Å². The summed E-state index contributed by atoms with van der Waals surface area (Å²) in [5, 5.41) is 0. The minimum Gasteiger partial charge on any atom is -0.496 e. The lowest BCUT2D eigenvalue weighted by atomic mass is 9.93. The van der Waals surface area contributed by atoms with Gasteiger partial charge >= 0.3 is 6.18 Å². The Morgan fingerprint density at radius 1 is 1.02 bits per heavy atom. The van der Waals surface area contributed by atoms with Crippen molar-refractivity contribution in [3.05, 3.63) is 58.7 Å². The van der Waals surface area contributed by atoms with Crippen molar-refractivity contribution in [2.45, 2.75) is 71.9 Å². The molecule has 0 aliphatic carbocycles. The van der Waals surface area contributed by atoms with E-state index >= 15 is 0 Å². The summed E-state index contributed by atoms with van der Waals surface area (Å²) >= 11 is 0. The van der Waals surface area contributed by atoms with Crippen LogP contribution < -0.4 is 14.4 Å². The molecule has 2 aromatic carbocycles. The number of carbonyl (C=O) groups is 1. The number of aryl methyl sites for hydroxylation is 1. The number of methoxy groups -OCH3 is 1. The highest BCUT2D eigenvalue weighted by atomic mass is 32.2. The predicted molar refractivity (Wildman–Crippen MR) is 159 cm³/mol. The molecule has 41 heavy (non-hydrogen) atoms. The third kappa shape index (κ3) is 8.25. The average Bonchev–Trinajstić information content (AvgIpc) is 2.90. The molecule has 1 aliphatic heterocycles. The summed E-state index contributed by atoms with van der Waals surface area (Å²) in [5.41, 5.74) is 2.46. The smallest absolute Gasteiger partial charge is 0.416 e. The number of nitrogens with one attached hydrogen (secondary N) is 1. The van der Waals surface area contributed by atoms with Crippen LogP contribution >= 0.6 is 0 Å². The fourth-order valence-electron chi connectivity index (χ4n) is 5.04. The van der Waals surface area contributed by atoms with Crippen LogP contribution in [0.3, 0.4) is 0 Å². The Kier molecular flexibility index (Phi) is 10.6. The van der Waals surface area contributed by atoms with E-state index in [9.17, 15) is 22.2 Å². The van der Waals surface area contributed by atoms with E-state index in [0.29, 0.717) is 43.9 Å². The summed E-state index contributed by atoms with van der Waals surface area (Å²) in [6, 6.07) is 9.20. The van der Waals surface area contributed by atoms with E-state index in [2.05, 4.69) is 4.72 Å². The number of piperazine rings is 1. The first-order valence-corrected chi connectivity index (χ1v) is 15.2. The van der Waals surface area contributed by atoms with Crippen LogP contribution in [-0.2, 0) is 28.4 Å². The summed E-state index contributed by atoms with van der Waals surface area (Å²) in [7, 11) is 0.145. The van der Waals surface area contributed by atoms with Crippen LogP contribution in [0.4, 0.5) is 18.9 Å². The van der Waals surface area contributed by atoms with Gasteiger partial charge in [0.2, 0.25) is 5.91 Å². The number of halogens is 3. The lowest BCUT2D eigenvalue weighted by Gasteiger charge is -2.39. The highest BCUT2D eigenvalue weighted by Crippen LogP contribution is 2.38. The molecule has 3 rings (SSSR count).